The number of amides is 1. The van der Waals surface area contributed by atoms with Crippen molar-refractivity contribution in [2.24, 2.45) is 0 Å². The molecule has 1 aromatic carbocycles. The molecule has 0 fully saturated rings. The third-order valence-corrected chi connectivity index (χ3v) is 5.33. The van der Waals surface area contributed by atoms with E-state index in [1.165, 1.54) is 10.8 Å². The van der Waals surface area contributed by atoms with E-state index in [2.05, 4.69) is 25.5 Å². The predicted octanol–water partition coefficient (Wildman–Crippen LogP) is 4.45. The van der Waals surface area contributed by atoms with Crippen molar-refractivity contribution < 1.29 is 4.79 Å². The minimum absolute atomic E-state index is 0.327. The van der Waals surface area contributed by atoms with Crippen molar-refractivity contribution in [3.05, 3.63) is 87.6 Å². The number of carbonyl (C=O) groups is 1. The molecule has 0 radical (unpaired) electrons. The number of aryl methyl sites for hydroxylation is 4. The van der Waals surface area contributed by atoms with Gasteiger partial charge in [-0.05, 0) is 45.4 Å². The van der Waals surface area contributed by atoms with Crippen LogP contribution in [0.4, 0.5) is 5.82 Å². The molecule has 0 unspecified atom stereocenters. The minimum atomic E-state index is -0.327. The average Bonchev–Trinajstić information content (AvgIpc) is 3.25. The third-order valence-electron chi connectivity index (χ3n) is 4.93. The summed E-state index contributed by atoms with van der Waals surface area (Å²) >= 11 is 6.55. The van der Waals surface area contributed by atoms with Crippen LogP contribution in [0.15, 0.2) is 48.5 Å². The number of nitrogens with zero attached hydrogens (tertiary/aromatic N) is 6. The fourth-order valence-electron chi connectivity index (χ4n) is 3.49. The quantitative estimate of drug-likeness (QED) is 0.428. The maximum atomic E-state index is 12.7. The maximum Gasteiger partial charge on any atom is 0.252 e. The average molecular weight is 462 g/mol. The molecule has 33 heavy (non-hydrogen) atoms. The monoisotopic (exact) mass is 461 g/mol. The molecule has 0 aliphatic carbocycles. The highest BCUT2D eigenvalue weighted by atomic mass is 35.5. The Balaban J connectivity index is 1.53. The van der Waals surface area contributed by atoms with E-state index in [4.69, 9.17) is 11.6 Å². The Morgan fingerprint density at radius 3 is 2.39 bits per heavy atom. The molecule has 0 atom stereocenters. The Kier molecular flexibility index (Phi) is 6.37. The van der Waals surface area contributed by atoms with Crippen molar-refractivity contribution in [3.8, 4) is 5.95 Å². The molecular formula is C24H24ClN7O. The summed E-state index contributed by atoms with van der Waals surface area (Å²) < 4.78 is 3.25. The fraction of sp³-hybridized carbons (Fsp3) is 0.208. The van der Waals surface area contributed by atoms with Gasteiger partial charge in [0.05, 0.1) is 17.9 Å². The van der Waals surface area contributed by atoms with Crippen LogP contribution in [0.3, 0.4) is 0 Å². The first-order valence-corrected chi connectivity index (χ1v) is 10.8. The molecule has 4 aromatic rings. The third kappa shape index (κ3) is 5.18. The van der Waals surface area contributed by atoms with Crippen molar-refractivity contribution in [3.63, 3.8) is 0 Å². The van der Waals surface area contributed by atoms with Gasteiger partial charge in [-0.25, -0.2) is 14.6 Å². The first-order chi connectivity index (χ1) is 15.8. The molecule has 3 heterocycles. The Labute approximate surface area is 197 Å². The smallest absolute Gasteiger partial charge is 0.252 e. The zero-order chi connectivity index (χ0) is 23.5. The molecule has 3 aromatic heterocycles. The summed E-state index contributed by atoms with van der Waals surface area (Å²) in [5.74, 6) is 0.558. The normalized spacial score (nSPS) is 11.3. The predicted molar refractivity (Wildman–Crippen MR) is 129 cm³/mol. The number of hydrogen-bond acceptors (Lipinski definition) is 5. The van der Waals surface area contributed by atoms with Gasteiger partial charge in [-0.1, -0.05) is 41.9 Å². The highest BCUT2D eigenvalue weighted by molar-refractivity contribution is 6.31. The van der Waals surface area contributed by atoms with Crippen LogP contribution in [0.1, 0.15) is 33.9 Å². The first kappa shape index (κ1) is 22.4. The molecule has 8 nitrogen and oxygen atoms in total. The van der Waals surface area contributed by atoms with Crippen molar-refractivity contribution in [1.29, 1.82) is 0 Å². The van der Waals surface area contributed by atoms with Gasteiger partial charge in [0.15, 0.2) is 0 Å². The molecule has 0 saturated carbocycles. The molecule has 0 aliphatic heterocycles. The number of rotatable bonds is 6. The van der Waals surface area contributed by atoms with Crippen LogP contribution >= 0.6 is 11.6 Å². The van der Waals surface area contributed by atoms with E-state index in [-0.39, 0.29) is 5.91 Å². The van der Waals surface area contributed by atoms with Crippen LogP contribution in [-0.2, 0) is 11.3 Å². The van der Waals surface area contributed by atoms with Crippen molar-refractivity contribution in [2.45, 2.75) is 34.2 Å². The number of halogens is 1. The van der Waals surface area contributed by atoms with Crippen LogP contribution in [0.25, 0.3) is 12.0 Å². The van der Waals surface area contributed by atoms with E-state index in [1.54, 1.807) is 16.8 Å². The minimum Gasteiger partial charge on any atom is -0.307 e. The van der Waals surface area contributed by atoms with E-state index in [0.29, 0.717) is 29.0 Å². The van der Waals surface area contributed by atoms with Gasteiger partial charge in [0, 0.05) is 29.1 Å². The van der Waals surface area contributed by atoms with Crippen LogP contribution in [0.2, 0.25) is 5.15 Å². The Hall–Kier alpha value is -3.78. The van der Waals surface area contributed by atoms with Crippen LogP contribution in [0.5, 0.6) is 0 Å². The van der Waals surface area contributed by atoms with Gasteiger partial charge in [-0.15, -0.1) is 0 Å². The standard InChI is InChI=1S/C24H24ClN7O/c1-15-12-16(2)27-24(26-15)32-21(13-17(3)29-32)28-22(33)11-10-20-18(4)30-31(23(20)25)14-19-8-6-5-7-9-19/h5-13H,14H2,1-4H3,(H,28,33)/b11-10+. The summed E-state index contributed by atoms with van der Waals surface area (Å²) in [4.78, 5) is 21.5. The number of nitrogens with one attached hydrogen (secondary N) is 1. The lowest BCUT2D eigenvalue weighted by molar-refractivity contribution is -0.111. The fourth-order valence-corrected chi connectivity index (χ4v) is 3.78. The Morgan fingerprint density at radius 1 is 1.00 bits per heavy atom. The second kappa shape index (κ2) is 9.38. The SMILES string of the molecule is Cc1cc(C)nc(-n2nc(C)cc2NC(=O)/C=C/c2c(C)nn(Cc3ccccc3)c2Cl)n1. The number of carbonyl (C=O) groups excluding carboxylic acids is 1. The van der Waals surface area contributed by atoms with E-state index >= 15 is 0 Å². The van der Waals surface area contributed by atoms with Gasteiger partial charge in [0.1, 0.15) is 11.0 Å². The van der Waals surface area contributed by atoms with Crippen molar-refractivity contribution in [1.82, 2.24) is 29.5 Å². The Bertz CT molecular complexity index is 1320. The van der Waals surface area contributed by atoms with E-state index in [0.717, 1.165) is 28.3 Å². The summed E-state index contributed by atoms with van der Waals surface area (Å²) in [5.41, 5.74) is 4.90. The van der Waals surface area contributed by atoms with Gasteiger partial charge in [-0.3, -0.25) is 4.79 Å². The summed E-state index contributed by atoms with van der Waals surface area (Å²) in [7, 11) is 0. The first-order valence-electron chi connectivity index (χ1n) is 10.5. The summed E-state index contributed by atoms with van der Waals surface area (Å²) in [6.45, 7) is 8.03. The van der Waals surface area contributed by atoms with E-state index in [9.17, 15) is 4.79 Å². The van der Waals surface area contributed by atoms with Gasteiger partial charge < -0.3 is 5.32 Å². The second-order valence-corrected chi connectivity index (χ2v) is 8.15. The Morgan fingerprint density at radius 2 is 1.70 bits per heavy atom. The highest BCUT2D eigenvalue weighted by Crippen LogP contribution is 2.22. The van der Waals surface area contributed by atoms with Gasteiger partial charge in [-0.2, -0.15) is 14.9 Å². The second-order valence-electron chi connectivity index (χ2n) is 7.79. The topological polar surface area (TPSA) is 90.5 Å². The molecule has 168 valence electrons. The van der Waals surface area contributed by atoms with Crippen molar-refractivity contribution >= 4 is 29.4 Å². The molecule has 0 bridgehead atoms. The van der Waals surface area contributed by atoms with Crippen molar-refractivity contribution in [2.75, 3.05) is 5.32 Å². The van der Waals surface area contributed by atoms with Gasteiger partial charge in [0.25, 0.3) is 5.95 Å². The van der Waals surface area contributed by atoms with Crippen LogP contribution in [0, 0.1) is 27.7 Å². The molecule has 0 aliphatic rings. The molecule has 4 rings (SSSR count). The largest absolute Gasteiger partial charge is 0.307 e. The summed E-state index contributed by atoms with van der Waals surface area (Å²) in [6, 6.07) is 13.6. The molecule has 0 spiro atoms. The van der Waals surface area contributed by atoms with E-state index < -0.39 is 0 Å². The number of benzene rings is 1. The van der Waals surface area contributed by atoms with E-state index in [1.807, 2.05) is 64.1 Å². The molecule has 0 saturated heterocycles. The zero-order valence-electron chi connectivity index (χ0n) is 18.9. The maximum absolute atomic E-state index is 12.7. The molecule has 1 N–H and O–H groups in total. The van der Waals surface area contributed by atoms with Crippen LogP contribution < -0.4 is 5.32 Å². The van der Waals surface area contributed by atoms with Crippen LogP contribution in [-0.4, -0.2) is 35.4 Å². The summed E-state index contributed by atoms with van der Waals surface area (Å²) in [5, 5.41) is 12.3. The lowest BCUT2D eigenvalue weighted by Gasteiger charge is -2.07. The lowest BCUT2D eigenvalue weighted by atomic mass is 10.2. The zero-order valence-corrected chi connectivity index (χ0v) is 19.6. The lowest BCUT2D eigenvalue weighted by Crippen LogP contribution is -2.14. The number of anilines is 1. The number of hydrogen-bond donors (Lipinski definition) is 1. The van der Waals surface area contributed by atoms with Gasteiger partial charge >= 0.3 is 0 Å². The molecule has 1 amide bonds. The molecular weight excluding hydrogens is 438 g/mol. The van der Waals surface area contributed by atoms with Gasteiger partial charge in [0.2, 0.25) is 5.91 Å². The number of aromatic nitrogens is 6. The molecule has 9 heteroatoms. The highest BCUT2D eigenvalue weighted by Gasteiger charge is 2.14. The summed E-state index contributed by atoms with van der Waals surface area (Å²) in [6.07, 6.45) is 3.10.